The van der Waals surface area contributed by atoms with Gasteiger partial charge in [-0.25, -0.2) is 4.39 Å². The van der Waals surface area contributed by atoms with Crippen LogP contribution in [0, 0.1) is 11.7 Å². The highest BCUT2D eigenvalue weighted by atomic mass is 79.9. The zero-order chi connectivity index (χ0) is 13.3. The molecule has 98 valence electrons. The van der Waals surface area contributed by atoms with Gasteiger partial charge in [0.1, 0.15) is 5.82 Å². The number of amides is 1. The van der Waals surface area contributed by atoms with Crippen molar-refractivity contribution in [3.63, 3.8) is 0 Å². The summed E-state index contributed by atoms with van der Waals surface area (Å²) in [5, 5.41) is 9.20. The standard InChI is InChI=1S/C13H15BrFNO2/c1-16(7-8-4-10(17)5-8)13(18)11-6-9(14)2-3-12(11)15/h2-3,6,8,10,17H,4-5,7H2,1H3. The second-order valence-electron chi connectivity index (χ2n) is 4.80. The first kappa shape index (κ1) is 13.5. The molecule has 1 aromatic carbocycles. The van der Waals surface area contributed by atoms with Crippen LogP contribution in [0.1, 0.15) is 23.2 Å². The van der Waals surface area contributed by atoms with Gasteiger partial charge in [-0.15, -0.1) is 0 Å². The van der Waals surface area contributed by atoms with Gasteiger partial charge >= 0.3 is 0 Å². The number of carbonyl (C=O) groups excluding carboxylic acids is 1. The molecular formula is C13H15BrFNO2. The minimum atomic E-state index is -0.510. The van der Waals surface area contributed by atoms with Crippen molar-refractivity contribution >= 4 is 21.8 Å². The quantitative estimate of drug-likeness (QED) is 0.930. The smallest absolute Gasteiger partial charge is 0.256 e. The summed E-state index contributed by atoms with van der Waals surface area (Å²) in [6.45, 7) is 0.557. The molecule has 18 heavy (non-hydrogen) atoms. The van der Waals surface area contributed by atoms with Crippen molar-refractivity contribution in [3.8, 4) is 0 Å². The third kappa shape index (κ3) is 2.90. The molecule has 0 aromatic heterocycles. The van der Waals surface area contributed by atoms with Crippen LogP contribution in [0.25, 0.3) is 0 Å². The third-order valence-electron chi connectivity index (χ3n) is 3.25. The molecule has 0 saturated heterocycles. The minimum absolute atomic E-state index is 0.0757. The van der Waals surface area contributed by atoms with Crippen molar-refractivity contribution in [1.82, 2.24) is 4.90 Å². The monoisotopic (exact) mass is 315 g/mol. The zero-order valence-electron chi connectivity index (χ0n) is 10.1. The van der Waals surface area contributed by atoms with Crippen LogP contribution in [0.4, 0.5) is 4.39 Å². The van der Waals surface area contributed by atoms with Gasteiger partial charge < -0.3 is 10.0 Å². The fraction of sp³-hybridized carbons (Fsp3) is 0.462. The zero-order valence-corrected chi connectivity index (χ0v) is 11.7. The molecule has 1 saturated carbocycles. The highest BCUT2D eigenvalue weighted by Crippen LogP contribution is 2.28. The number of nitrogens with zero attached hydrogens (tertiary/aromatic N) is 1. The van der Waals surface area contributed by atoms with Crippen molar-refractivity contribution in [2.24, 2.45) is 5.92 Å². The van der Waals surface area contributed by atoms with E-state index in [0.29, 0.717) is 16.9 Å². The molecule has 0 aliphatic heterocycles. The lowest BCUT2D eigenvalue weighted by Crippen LogP contribution is -2.39. The van der Waals surface area contributed by atoms with Crippen molar-refractivity contribution in [2.45, 2.75) is 18.9 Å². The van der Waals surface area contributed by atoms with Gasteiger partial charge in [0.2, 0.25) is 0 Å². The molecule has 1 amide bonds. The minimum Gasteiger partial charge on any atom is -0.393 e. The van der Waals surface area contributed by atoms with Gasteiger partial charge in [-0.2, -0.15) is 0 Å². The fourth-order valence-electron chi connectivity index (χ4n) is 2.19. The maximum absolute atomic E-state index is 13.6. The molecule has 3 nitrogen and oxygen atoms in total. The Hall–Kier alpha value is -0.940. The van der Waals surface area contributed by atoms with E-state index < -0.39 is 5.82 Å². The van der Waals surface area contributed by atoms with Gasteiger partial charge in [0.25, 0.3) is 5.91 Å². The highest BCUT2D eigenvalue weighted by Gasteiger charge is 2.29. The maximum Gasteiger partial charge on any atom is 0.256 e. The molecule has 1 fully saturated rings. The number of aliphatic hydroxyl groups excluding tert-OH is 1. The first-order valence-electron chi connectivity index (χ1n) is 5.86. The Morgan fingerprint density at radius 3 is 2.83 bits per heavy atom. The number of halogens is 2. The van der Waals surface area contributed by atoms with Gasteiger partial charge in [0.05, 0.1) is 11.7 Å². The van der Waals surface area contributed by atoms with Crippen molar-refractivity contribution in [1.29, 1.82) is 0 Å². The Balaban J connectivity index is 2.03. The van der Waals surface area contributed by atoms with Gasteiger partial charge in [-0.1, -0.05) is 15.9 Å². The Labute approximate surface area is 114 Å². The van der Waals surface area contributed by atoms with E-state index in [2.05, 4.69) is 15.9 Å². The van der Waals surface area contributed by atoms with Crippen LogP contribution < -0.4 is 0 Å². The Bertz CT molecular complexity index is 460. The summed E-state index contributed by atoms with van der Waals surface area (Å²) in [4.78, 5) is 13.6. The molecule has 0 bridgehead atoms. The highest BCUT2D eigenvalue weighted by molar-refractivity contribution is 9.10. The Morgan fingerprint density at radius 1 is 1.56 bits per heavy atom. The van der Waals surface area contributed by atoms with E-state index in [1.165, 1.54) is 17.0 Å². The fourth-order valence-corrected chi connectivity index (χ4v) is 2.55. The van der Waals surface area contributed by atoms with E-state index in [0.717, 1.165) is 12.8 Å². The first-order chi connectivity index (χ1) is 8.47. The van der Waals surface area contributed by atoms with Crippen molar-refractivity contribution in [3.05, 3.63) is 34.1 Å². The van der Waals surface area contributed by atoms with E-state index in [9.17, 15) is 14.3 Å². The molecule has 0 spiro atoms. The van der Waals surface area contributed by atoms with Crippen LogP contribution in [-0.2, 0) is 0 Å². The maximum atomic E-state index is 13.6. The lowest BCUT2D eigenvalue weighted by molar-refractivity contribution is 0.0264. The van der Waals surface area contributed by atoms with Gasteiger partial charge in [-0.3, -0.25) is 4.79 Å². The van der Waals surface area contributed by atoms with E-state index in [1.807, 2.05) is 0 Å². The molecule has 0 radical (unpaired) electrons. The number of carbonyl (C=O) groups is 1. The molecule has 0 unspecified atom stereocenters. The molecule has 2 rings (SSSR count). The van der Waals surface area contributed by atoms with Crippen LogP contribution in [0.15, 0.2) is 22.7 Å². The second-order valence-corrected chi connectivity index (χ2v) is 5.72. The lowest BCUT2D eigenvalue weighted by Gasteiger charge is -2.34. The van der Waals surface area contributed by atoms with Crippen LogP contribution >= 0.6 is 15.9 Å². The predicted octanol–water partition coefficient (Wildman–Crippen LogP) is 2.43. The molecule has 5 heteroatoms. The van der Waals surface area contributed by atoms with E-state index in [4.69, 9.17) is 0 Å². The molecule has 1 aliphatic rings. The summed E-state index contributed by atoms with van der Waals surface area (Å²) < 4.78 is 14.2. The van der Waals surface area contributed by atoms with Gasteiger partial charge in [-0.05, 0) is 37.0 Å². The summed E-state index contributed by atoms with van der Waals surface area (Å²) in [5.41, 5.74) is 0.0757. The average Bonchev–Trinajstić information content (AvgIpc) is 2.29. The van der Waals surface area contributed by atoms with Crippen LogP contribution in [-0.4, -0.2) is 35.6 Å². The number of rotatable bonds is 3. The number of aliphatic hydroxyl groups is 1. The predicted molar refractivity (Wildman–Crippen MR) is 69.8 cm³/mol. The molecular weight excluding hydrogens is 301 g/mol. The second kappa shape index (κ2) is 5.36. The summed E-state index contributed by atoms with van der Waals surface area (Å²) in [5.74, 6) is -0.511. The normalized spacial score (nSPS) is 22.4. The van der Waals surface area contributed by atoms with E-state index in [-0.39, 0.29) is 17.6 Å². The number of hydrogen-bond donors (Lipinski definition) is 1. The molecule has 1 aromatic rings. The summed E-state index contributed by atoms with van der Waals surface area (Å²) in [6.07, 6.45) is 1.21. The van der Waals surface area contributed by atoms with Gasteiger partial charge in [0, 0.05) is 18.1 Å². The first-order valence-corrected chi connectivity index (χ1v) is 6.65. The SMILES string of the molecule is CN(CC1CC(O)C1)C(=O)c1cc(Br)ccc1F. The Kier molecular flexibility index (Phi) is 4.02. The van der Waals surface area contributed by atoms with Crippen molar-refractivity contribution in [2.75, 3.05) is 13.6 Å². The van der Waals surface area contributed by atoms with E-state index >= 15 is 0 Å². The number of benzene rings is 1. The van der Waals surface area contributed by atoms with Crippen LogP contribution in [0.3, 0.4) is 0 Å². The largest absolute Gasteiger partial charge is 0.393 e. The Morgan fingerprint density at radius 2 is 2.22 bits per heavy atom. The average molecular weight is 316 g/mol. The third-order valence-corrected chi connectivity index (χ3v) is 3.74. The molecule has 1 N–H and O–H groups in total. The van der Waals surface area contributed by atoms with Crippen LogP contribution in [0.5, 0.6) is 0 Å². The molecule has 0 atom stereocenters. The van der Waals surface area contributed by atoms with Crippen LogP contribution in [0.2, 0.25) is 0 Å². The van der Waals surface area contributed by atoms with Gasteiger partial charge in [0.15, 0.2) is 0 Å². The topological polar surface area (TPSA) is 40.5 Å². The van der Waals surface area contributed by atoms with E-state index in [1.54, 1.807) is 13.1 Å². The number of hydrogen-bond acceptors (Lipinski definition) is 2. The lowest BCUT2D eigenvalue weighted by atomic mass is 9.82. The summed E-state index contributed by atoms with van der Waals surface area (Å²) in [6, 6.07) is 4.33. The molecule has 1 aliphatic carbocycles. The van der Waals surface area contributed by atoms with Crippen molar-refractivity contribution < 1.29 is 14.3 Å². The summed E-state index contributed by atoms with van der Waals surface area (Å²) >= 11 is 3.23. The summed E-state index contributed by atoms with van der Waals surface area (Å²) in [7, 11) is 1.66. The molecule has 0 heterocycles.